The quantitative estimate of drug-likeness (QED) is 0.495. The molecule has 98 valence electrons. The third kappa shape index (κ3) is 1.77. The number of nitrogens with one attached hydrogen (secondary N) is 1. The maximum Gasteiger partial charge on any atom is 0.330 e. The lowest BCUT2D eigenvalue weighted by molar-refractivity contribution is -0.159. The van der Waals surface area contributed by atoms with E-state index in [-0.39, 0.29) is 5.75 Å². The Morgan fingerprint density at radius 2 is 2.28 bits per heavy atom. The summed E-state index contributed by atoms with van der Waals surface area (Å²) < 4.78 is 11.9. The van der Waals surface area contributed by atoms with Gasteiger partial charge in [-0.15, -0.1) is 0 Å². The van der Waals surface area contributed by atoms with E-state index in [1.165, 1.54) is 4.99 Å². The van der Waals surface area contributed by atoms with Crippen molar-refractivity contribution in [2.45, 2.75) is 17.5 Å². The maximum atomic E-state index is 11.9. The molecule has 0 aromatic heterocycles. The van der Waals surface area contributed by atoms with Crippen molar-refractivity contribution in [3.63, 3.8) is 0 Å². The van der Waals surface area contributed by atoms with Crippen molar-refractivity contribution in [3.8, 4) is 0 Å². The molecule has 0 bridgehead atoms. The zero-order chi connectivity index (χ0) is 13.4. The fourth-order valence-electron chi connectivity index (χ4n) is 2.14. The Balaban J connectivity index is 2.34. The summed E-state index contributed by atoms with van der Waals surface area (Å²) in [4.78, 5) is 35.7. The Bertz CT molecular complexity index is 480. The van der Waals surface area contributed by atoms with Crippen LogP contribution < -0.4 is 5.32 Å². The average Bonchev–Trinajstić information content (AvgIpc) is 2.34. The molecule has 0 aromatic carbocycles. The van der Waals surface area contributed by atoms with Gasteiger partial charge < -0.3 is 15.3 Å². The van der Waals surface area contributed by atoms with Crippen molar-refractivity contribution < 1.29 is 23.7 Å². The molecular formula is C9H9BrN2O5S. The summed E-state index contributed by atoms with van der Waals surface area (Å²) in [6.07, 6.45) is 0.350. The van der Waals surface area contributed by atoms with Crippen LogP contribution in [0.25, 0.3) is 0 Å². The van der Waals surface area contributed by atoms with Crippen LogP contribution in [0.15, 0.2) is 10.6 Å². The van der Waals surface area contributed by atoms with Crippen LogP contribution >= 0.6 is 15.9 Å². The summed E-state index contributed by atoms with van der Waals surface area (Å²) in [5, 5.41) is 10.6. The highest BCUT2D eigenvalue weighted by Crippen LogP contribution is 2.34. The third-order valence-electron chi connectivity index (χ3n) is 2.91. The van der Waals surface area contributed by atoms with Crippen LogP contribution in [0.1, 0.15) is 0 Å². The summed E-state index contributed by atoms with van der Waals surface area (Å²) in [6.45, 7) is 0. The zero-order valence-electron chi connectivity index (χ0n) is 8.91. The summed E-state index contributed by atoms with van der Waals surface area (Å²) in [5.41, 5.74) is 0.370. The Labute approximate surface area is 113 Å². The highest BCUT2D eigenvalue weighted by atomic mass is 79.9. The molecule has 2 fully saturated rings. The van der Waals surface area contributed by atoms with Crippen LogP contribution in [0.5, 0.6) is 0 Å². The number of hydrogen-bond acceptors (Lipinski definition) is 4. The molecule has 2 N–H and O–H groups in total. The zero-order valence-corrected chi connectivity index (χ0v) is 11.3. The molecule has 9 heteroatoms. The monoisotopic (exact) mass is 336 g/mol. The second-order valence-electron chi connectivity index (χ2n) is 3.85. The molecule has 0 radical (unpaired) electrons. The van der Waals surface area contributed by atoms with Gasteiger partial charge in [0.1, 0.15) is 11.4 Å². The summed E-state index contributed by atoms with van der Waals surface area (Å²) >= 11 is 3.01. The van der Waals surface area contributed by atoms with Gasteiger partial charge in [0.2, 0.25) is 12.3 Å². The van der Waals surface area contributed by atoms with E-state index in [0.717, 1.165) is 4.90 Å². The molecule has 2 rings (SSSR count). The van der Waals surface area contributed by atoms with E-state index in [1.807, 2.05) is 0 Å². The molecule has 0 saturated carbocycles. The number of nitrogens with zero attached hydrogens (tertiary/aromatic N) is 1. The number of amides is 2. The largest absolute Gasteiger partial charge is 0.479 e. The number of aliphatic carboxylic acids is 1. The van der Waals surface area contributed by atoms with Crippen LogP contribution in [0.4, 0.5) is 0 Å². The van der Waals surface area contributed by atoms with Gasteiger partial charge in [-0.1, -0.05) is 15.9 Å². The first kappa shape index (κ1) is 13.2. The lowest BCUT2D eigenvalue weighted by Gasteiger charge is -2.51. The van der Waals surface area contributed by atoms with Crippen LogP contribution in [-0.4, -0.2) is 55.7 Å². The van der Waals surface area contributed by atoms with Gasteiger partial charge in [0.05, 0.1) is 16.6 Å². The molecule has 2 amide bonds. The summed E-state index contributed by atoms with van der Waals surface area (Å²) in [7, 11) is -1.43. The van der Waals surface area contributed by atoms with Crippen molar-refractivity contribution in [2.75, 3.05) is 5.75 Å². The van der Waals surface area contributed by atoms with E-state index < -0.39 is 40.1 Å². The molecule has 2 saturated heterocycles. The maximum absolute atomic E-state index is 11.9. The fraction of sp³-hybridized carbons (Fsp3) is 0.444. The second-order valence-corrected chi connectivity index (χ2v) is 5.84. The summed E-state index contributed by atoms with van der Waals surface area (Å²) in [5.74, 6) is -1.65. The number of rotatable bonds is 3. The fourth-order valence-corrected chi connectivity index (χ4v) is 4.49. The van der Waals surface area contributed by atoms with Crippen LogP contribution in [0.2, 0.25) is 0 Å². The molecule has 0 aliphatic carbocycles. The molecule has 18 heavy (non-hydrogen) atoms. The highest BCUT2D eigenvalue weighted by Gasteiger charge is 2.58. The van der Waals surface area contributed by atoms with Gasteiger partial charge in [-0.3, -0.25) is 13.8 Å². The van der Waals surface area contributed by atoms with Crippen molar-refractivity contribution in [3.05, 3.63) is 10.6 Å². The van der Waals surface area contributed by atoms with Gasteiger partial charge in [-0.25, -0.2) is 4.79 Å². The highest BCUT2D eigenvalue weighted by molar-refractivity contribution is 9.11. The Kier molecular flexibility index (Phi) is 3.53. The average molecular weight is 337 g/mol. The van der Waals surface area contributed by atoms with Gasteiger partial charge in [-0.2, -0.15) is 0 Å². The number of carboxylic acids is 1. The number of carbonyl (C=O) groups excluding carboxylic acids is 2. The van der Waals surface area contributed by atoms with E-state index in [4.69, 9.17) is 5.11 Å². The van der Waals surface area contributed by atoms with Crippen molar-refractivity contribution >= 4 is 45.0 Å². The Hall–Kier alpha value is -1.22. The third-order valence-corrected chi connectivity index (χ3v) is 5.15. The molecule has 0 spiro atoms. The smallest absolute Gasteiger partial charge is 0.330 e. The first-order chi connectivity index (χ1) is 8.52. The lowest BCUT2D eigenvalue weighted by atomic mass is 9.99. The standard InChI is InChI=1S/C9H9BrN2O5S/c10-1-4-2-18(17)8-5(11-3-13)7(14)12(8)6(4)9(15)16/h1,3,5-6,8H,2H2,(H,11,13)(H,15,16)/t5-,6-,8-,18+/m1/s1. The minimum absolute atomic E-state index is 0.0632. The molecule has 4 atom stereocenters. The minimum atomic E-state index is -1.43. The van der Waals surface area contributed by atoms with Gasteiger partial charge in [0.15, 0.2) is 6.04 Å². The van der Waals surface area contributed by atoms with Gasteiger partial charge in [0, 0.05) is 0 Å². The van der Waals surface area contributed by atoms with Crippen LogP contribution in [-0.2, 0) is 25.2 Å². The number of halogens is 1. The van der Waals surface area contributed by atoms with E-state index in [2.05, 4.69) is 21.2 Å². The van der Waals surface area contributed by atoms with E-state index in [0.29, 0.717) is 12.0 Å². The predicted octanol–water partition coefficient (Wildman–Crippen LogP) is -1.24. The first-order valence-corrected chi connectivity index (χ1v) is 7.23. The van der Waals surface area contributed by atoms with Gasteiger partial charge >= 0.3 is 5.97 Å². The molecule has 7 nitrogen and oxygen atoms in total. The number of β-lactam (4-membered cyclic amide) rings is 1. The Morgan fingerprint density at radius 1 is 1.61 bits per heavy atom. The predicted molar refractivity (Wildman–Crippen MR) is 65.1 cm³/mol. The molecule has 2 heterocycles. The minimum Gasteiger partial charge on any atom is -0.479 e. The van der Waals surface area contributed by atoms with E-state index in [1.54, 1.807) is 0 Å². The molecular weight excluding hydrogens is 328 g/mol. The van der Waals surface area contributed by atoms with E-state index >= 15 is 0 Å². The van der Waals surface area contributed by atoms with Gasteiger partial charge in [0.25, 0.3) is 0 Å². The SMILES string of the molecule is O=CN[C@@H]1C(=O)N2[C@@H](C(=O)O)C(=CBr)C[S@](=O)[C@H]12. The second kappa shape index (κ2) is 4.81. The molecule has 2 aliphatic heterocycles. The van der Waals surface area contributed by atoms with E-state index in [9.17, 15) is 18.6 Å². The van der Waals surface area contributed by atoms with Crippen molar-refractivity contribution in [1.82, 2.24) is 10.2 Å². The van der Waals surface area contributed by atoms with Gasteiger partial charge in [-0.05, 0) is 10.6 Å². The van der Waals surface area contributed by atoms with Crippen molar-refractivity contribution in [1.29, 1.82) is 0 Å². The lowest BCUT2D eigenvalue weighted by Crippen LogP contribution is -2.77. The van der Waals surface area contributed by atoms with Crippen LogP contribution in [0, 0.1) is 0 Å². The number of hydrogen-bond donors (Lipinski definition) is 2. The molecule has 2 aliphatic rings. The summed E-state index contributed by atoms with van der Waals surface area (Å²) in [6, 6.07) is -2.01. The number of fused-ring (bicyclic) bond motifs is 1. The first-order valence-electron chi connectivity index (χ1n) is 4.94. The van der Waals surface area contributed by atoms with Crippen molar-refractivity contribution in [2.24, 2.45) is 0 Å². The Morgan fingerprint density at radius 3 is 2.78 bits per heavy atom. The molecule has 0 unspecified atom stereocenters. The normalized spacial score (nSPS) is 36.8. The molecule has 0 aromatic rings. The van der Waals surface area contributed by atoms with Crippen LogP contribution in [0.3, 0.4) is 0 Å². The topological polar surface area (TPSA) is 104 Å². The number of carboxylic acid groups (broad SMARTS) is 1. The number of carbonyl (C=O) groups is 3.